The molecule has 5 heterocycles. The van der Waals surface area contributed by atoms with Crippen LogP contribution in [0.2, 0.25) is 0 Å². The van der Waals surface area contributed by atoms with Gasteiger partial charge in [-0.3, -0.25) is 20.6 Å². The molecule has 3 aliphatic heterocycles. The van der Waals surface area contributed by atoms with E-state index in [1.54, 1.807) is 7.11 Å². The largest absolute Gasteiger partial charge is 0.467 e. The van der Waals surface area contributed by atoms with Crippen molar-refractivity contribution >= 4 is 17.7 Å². The molecule has 2 N–H and O–H groups in total. The zero-order valence-corrected chi connectivity index (χ0v) is 23.9. The number of fused-ring (bicyclic) bond motifs is 2. The highest BCUT2D eigenvalue weighted by atomic mass is 16.7. The zero-order valence-electron chi connectivity index (χ0n) is 23.9. The highest BCUT2D eigenvalue weighted by Gasteiger charge is 2.42. The maximum Gasteiger partial charge on any atom is 0.434 e. The number of hydrogen-bond acceptors (Lipinski definition) is 9. The topological polar surface area (TPSA) is 96.8 Å². The standard InChI is InChI=1S/C31H40N8O2/c1-40-23-41-30-11-5-4-10-28(30)29-22-38(31(32)35-34-29)37-20-26-12-13-27(21-37)39(26)25-14-15-33-24(19-25)9-8-18-36-16-6-2-3-7-17-36/h4-5,8-11,14-15,19,22,26-27,32H,2-3,6-7,12-13,16-18,20-21,23H2,1H3/p+1/b9-8+. The van der Waals surface area contributed by atoms with Crippen molar-refractivity contribution in [3.8, 4) is 17.0 Å². The molecule has 6 rings (SSSR count). The molecular formula is C31H41N8O2+. The smallest absolute Gasteiger partial charge is 0.434 e. The maximum atomic E-state index is 6.37. The van der Waals surface area contributed by atoms with Gasteiger partial charge < -0.3 is 14.4 Å². The third-order valence-electron chi connectivity index (χ3n) is 8.42. The van der Waals surface area contributed by atoms with E-state index in [9.17, 15) is 0 Å². The number of hydrogen-bond donors (Lipinski definition) is 1. The van der Waals surface area contributed by atoms with Gasteiger partial charge in [0, 0.05) is 48.3 Å². The minimum absolute atomic E-state index is 0.162. The van der Waals surface area contributed by atoms with Gasteiger partial charge in [-0.15, -0.1) is 4.68 Å². The summed E-state index contributed by atoms with van der Waals surface area (Å²) in [6.45, 7) is 5.27. The number of para-hydroxylation sites is 1. The lowest BCUT2D eigenvalue weighted by molar-refractivity contribution is -0.682. The minimum atomic E-state index is 0.162. The van der Waals surface area contributed by atoms with Crippen LogP contribution in [-0.2, 0) is 4.74 Å². The van der Waals surface area contributed by atoms with Crippen LogP contribution < -0.4 is 25.1 Å². The lowest BCUT2D eigenvalue weighted by Gasteiger charge is -2.42. The third kappa shape index (κ3) is 6.28. The summed E-state index contributed by atoms with van der Waals surface area (Å²) in [7, 11) is 1.61. The van der Waals surface area contributed by atoms with Crippen molar-refractivity contribution in [3.63, 3.8) is 0 Å². The average Bonchev–Trinajstić information content (AvgIpc) is 3.15. The van der Waals surface area contributed by atoms with E-state index in [-0.39, 0.29) is 6.79 Å². The Morgan fingerprint density at radius 1 is 1.02 bits per heavy atom. The second-order valence-corrected chi connectivity index (χ2v) is 11.2. The number of pyridine rings is 1. The molecule has 2 atom stereocenters. The third-order valence-corrected chi connectivity index (χ3v) is 8.42. The molecule has 2 unspecified atom stereocenters. The highest BCUT2D eigenvalue weighted by molar-refractivity contribution is 5.65. The Morgan fingerprint density at radius 2 is 1.80 bits per heavy atom. The summed E-state index contributed by atoms with van der Waals surface area (Å²) in [5.41, 5.74) is 10.2. The van der Waals surface area contributed by atoms with Crippen LogP contribution in [0.1, 0.15) is 44.2 Å². The number of nitrogens with zero attached hydrogens (tertiary/aromatic N) is 7. The summed E-state index contributed by atoms with van der Waals surface area (Å²) in [6, 6.07) is 12.9. The Labute approximate surface area is 242 Å². The predicted molar refractivity (Wildman–Crippen MR) is 160 cm³/mol. The lowest BCUT2D eigenvalue weighted by atomic mass is 10.1. The van der Waals surface area contributed by atoms with E-state index in [0.29, 0.717) is 29.5 Å². The molecule has 2 aromatic heterocycles. The van der Waals surface area contributed by atoms with Crippen molar-refractivity contribution in [2.75, 3.05) is 62.3 Å². The fraction of sp³-hybridized carbons (Fsp3) is 0.484. The van der Waals surface area contributed by atoms with Crippen LogP contribution >= 0.6 is 0 Å². The Kier molecular flexibility index (Phi) is 8.57. The molecule has 10 nitrogen and oxygen atoms in total. The molecule has 0 saturated carbocycles. The first-order chi connectivity index (χ1) is 20.2. The summed E-state index contributed by atoms with van der Waals surface area (Å²) in [4.78, 5) is 9.79. The lowest BCUT2D eigenvalue weighted by Crippen LogP contribution is -2.69. The zero-order chi connectivity index (χ0) is 28.0. The van der Waals surface area contributed by atoms with Crippen LogP contribution in [0, 0.1) is 0 Å². The number of nitrogen functional groups attached to an aromatic ring is 1. The number of rotatable bonds is 9. The molecule has 1 aromatic carbocycles. The van der Waals surface area contributed by atoms with Crippen molar-refractivity contribution in [1.29, 1.82) is 0 Å². The fourth-order valence-electron chi connectivity index (χ4n) is 6.44. The molecule has 0 radical (unpaired) electrons. The number of ether oxygens (including phenoxy) is 2. The number of methoxy groups -OCH3 is 1. The van der Waals surface area contributed by atoms with Crippen LogP contribution in [0.4, 0.5) is 11.6 Å². The van der Waals surface area contributed by atoms with E-state index < -0.39 is 0 Å². The van der Waals surface area contributed by atoms with Gasteiger partial charge in [-0.2, -0.15) is 0 Å². The summed E-state index contributed by atoms with van der Waals surface area (Å²) < 4.78 is 12.8. The van der Waals surface area contributed by atoms with Gasteiger partial charge in [0.05, 0.1) is 18.8 Å². The second kappa shape index (κ2) is 12.8. The predicted octanol–water partition coefficient (Wildman–Crippen LogP) is 3.27. The van der Waals surface area contributed by atoms with Crippen LogP contribution in [0.3, 0.4) is 0 Å². The Balaban J connectivity index is 1.16. The monoisotopic (exact) mass is 557 g/mol. The van der Waals surface area contributed by atoms with Crippen LogP contribution in [0.5, 0.6) is 5.75 Å². The number of benzene rings is 1. The molecular weight excluding hydrogens is 516 g/mol. The Bertz CT molecular complexity index is 1330. The summed E-state index contributed by atoms with van der Waals surface area (Å²) in [6.07, 6.45) is 16.0. The van der Waals surface area contributed by atoms with E-state index in [1.165, 1.54) is 44.5 Å². The molecule has 0 aliphatic carbocycles. The quantitative estimate of drug-likeness (QED) is 0.314. The molecule has 41 heavy (non-hydrogen) atoms. The fourth-order valence-corrected chi connectivity index (χ4v) is 6.44. The molecule has 3 aliphatic rings. The SMILES string of the molecule is COCOc1ccccc1-c1c[n+](N2CC3CCC(C2)N3c2ccnc(/C=C/CN3CCCCCC3)c2)c(N)nn1. The molecule has 10 heteroatoms. The van der Waals surface area contributed by atoms with E-state index in [1.807, 2.05) is 41.3 Å². The van der Waals surface area contributed by atoms with Crippen LogP contribution in [0.15, 0.2) is 54.9 Å². The second-order valence-electron chi connectivity index (χ2n) is 11.2. The van der Waals surface area contributed by atoms with E-state index >= 15 is 0 Å². The normalized spacial score (nSPS) is 21.4. The Morgan fingerprint density at radius 3 is 2.59 bits per heavy atom. The van der Waals surface area contributed by atoms with E-state index in [0.717, 1.165) is 43.7 Å². The molecule has 3 saturated heterocycles. The number of anilines is 2. The first-order valence-electron chi connectivity index (χ1n) is 14.8. The van der Waals surface area contributed by atoms with Gasteiger partial charge in [-0.1, -0.05) is 36.1 Å². The van der Waals surface area contributed by atoms with Gasteiger partial charge in [0.1, 0.15) is 17.6 Å². The molecule has 0 amide bonds. The molecule has 0 spiro atoms. The van der Waals surface area contributed by atoms with Gasteiger partial charge in [0.15, 0.2) is 6.79 Å². The van der Waals surface area contributed by atoms with Crippen LogP contribution in [-0.4, -0.2) is 78.8 Å². The number of nitrogens with two attached hydrogens (primary N) is 1. The minimum Gasteiger partial charge on any atom is -0.467 e. The molecule has 3 fully saturated rings. The van der Waals surface area contributed by atoms with E-state index in [2.05, 4.69) is 54.3 Å². The van der Waals surface area contributed by atoms with E-state index in [4.69, 9.17) is 15.2 Å². The summed E-state index contributed by atoms with van der Waals surface area (Å²) >= 11 is 0. The van der Waals surface area contributed by atoms with Gasteiger partial charge in [-0.25, -0.2) is 0 Å². The first kappa shape index (κ1) is 27.4. The van der Waals surface area contributed by atoms with Crippen molar-refractivity contribution in [1.82, 2.24) is 20.1 Å². The first-order valence-corrected chi connectivity index (χ1v) is 14.8. The Hall–Kier alpha value is -3.76. The van der Waals surface area contributed by atoms with Gasteiger partial charge in [0.2, 0.25) is 0 Å². The maximum absolute atomic E-state index is 6.37. The average molecular weight is 558 g/mol. The molecule has 216 valence electrons. The number of aromatic nitrogens is 4. The number of likely N-dealkylation sites (tertiary alicyclic amines) is 1. The summed E-state index contributed by atoms with van der Waals surface area (Å²) in [5.74, 6) is 1.07. The molecule has 3 aromatic rings. The van der Waals surface area contributed by atoms with Crippen LogP contribution in [0.25, 0.3) is 17.3 Å². The van der Waals surface area contributed by atoms with Gasteiger partial charge in [0.25, 0.3) is 0 Å². The van der Waals surface area contributed by atoms with Crippen molar-refractivity contribution < 1.29 is 14.1 Å². The van der Waals surface area contributed by atoms with Gasteiger partial charge in [-0.05, 0) is 69.1 Å². The van der Waals surface area contributed by atoms with Crippen molar-refractivity contribution in [2.24, 2.45) is 0 Å². The van der Waals surface area contributed by atoms with Crippen molar-refractivity contribution in [3.05, 3.63) is 60.6 Å². The van der Waals surface area contributed by atoms with Gasteiger partial charge >= 0.3 is 5.95 Å². The van der Waals surface area contributed by atoms with Crippen molar-refractivity contribution in [2.45, 2.75) is 50.6 Å². The number of piperazine rings is 1. The summed E-state index contributed by atoms with van der Waals surface area (Å²) in [5, 5.41) is 11.0. The molecule has 2 bridgehead atoms. The highest BCUT2D eigenvalue weighted by Crippen LogP contribution is 2.34.